The summed E-state index contributed by atoms with van der Waals surface area (Å²) >= 11 is 1.48. The summed E-state index contributed by atoms with van der Waals surface area (Å²) in [5, 5.41) is 8.68. The molecule has 0 aromatic carbocycles. The number of nitrogens with zero attached hydrogens (tertiary/aromatic N) is 1. The zero-order valence-electron chi connectivity index (χ0n) is 6.84. The second kappa shape index (κ2) is 2.88. The number of rotatable bonds is 1. The van der Waals surface area contributed by atoms with Crippen LogP contribution in [0, 0.1) is 0 Å². The van der Waals surface area contributed by atoms with E-state index in [9.17, 15) is 9.59 Å². The highest BCUT2D eigenvalue weighted by Gasteiger charge is 2.48. The normalized spacial score (nSPS) is 38.1. The van der Waals surface area contributed by atoms with Crippen LogP contribution in [-0.4, -0.2) is 38.7 Å². The number of carbonyl (C=O) groups is 2. The zero-order valence-corrected chi connectivity index (χ0v) is 7.66. The average Bonchev–Trinajstić information content (AvgIpc) is 2.01. The zero-order chi connectivity index (χ0) is 9.59. The van der Waals surface area contributed by atoms with E-state index in [1.54, 1.807) is 0 Å². The molecule has 0 bridgehead atoms. The molecular weight excluding hydrogens is 192 g/mol. The van der Waals surface area contributed by atoms with Crippen molar-refractivity contribution in [3.05, 3.63) is 0 Å². The Hall–Kier alpha value is -0.750. The standard InChI is InChI=1S/C7H10N2O3S/c8-4-1-3(7(11)12)9-5(10)2-6(9)13-4/h3-4,6H,1-2,8H2,(H,11,12)/t3?,4?,6-/m1/s1. The number of β-lactam (4-membered cyclic amide) rings is 1. The predicted octanol–water partition coefficient (Wildman–Crippen LogP) is -0.580. The van der Waals surface area contributed by atoms with Crippen molar-refractivity contribution < 1.29 is 14.7 Å². The first kappa shape index (κ1) is 8.83. The second-order valence-electron chi connectivity index (χ2n) is 3.22. The van der Waals surface area contributed by atoms with E-state index in [0.717, 1.165) is 0 Å². The molecule has 0 aromatic heterocycles. The number of nitrogens with two attached hydrogens (primary N) is 1. The lowest BCUT2D eigenvalue weighted by molar-refractivity contribution is -0.158. The fraction of sp³-hybridized carbons (Fsp3) is 0.714. The minimum absolute atomic E-state index is 0.00245. The Labute approximate surface area is 79.3 Å². The Morgan fingerprint density at radius 2 is 2.38 bits per heavy atom. The molecule has 0 spiro atoms. The Kier molecular flexibility index (Phi) is 1.96. The van der Waals surface area contributed by atoms with Crippen LogP contribution >= 0.6 is 11.8 Å². The highest BCUT2D eigenvalue weighted by Crippen LogP contribution is 2.39. The lowest BCUT2D eigenvalue weighted by atomic mass is 10.1. The number of hydrogen-bond donors (Lipinski definition) is 2. The number of carboxylic acids is 1. The monoisotopic (exact) mass is 202 g/mol. The van der Waals surface area contributed by atoms with Crippen molar-refractivity contribution in [1.29, 1.82) is 0 Å². The summed E-state index contributed by atoms with van der Waals surface area (Å²) < 4.78 is 0. The molecule has 0 saturated carbocycles. The maximum atomic E-state index is 11.1. The molecule has 2 heterocycles. The first-order chi connectivity index (χ1) is 6.09. The maximum absolute atomic E-state index is 11.1. The van der Waals surface area contributed by atoms with E-state index in [-0.39, 0.29) is 16.7 Å². The topological polar surface area (TPSA) is 83.6 Å². The number of hydrogen-bond acceptors (Lipinski definition) is 4. The number of thioether (sulfide) groups is 1. The first-order valence-corrected chi connectivity index (χ1v) is 4.99. The number of fused-ring (bicyclic) bond motifs is 1. The van der Waals surface area contributed by atoms with Crippen LogP contribution in [0.15, 0.2) is 0 Å². The molecule has 13 heavy (non-hydrogen) atoms. The van der Waals surface area contributed by atoms with E-state index in [1.807, 2.05) is 0 Å². The van der Waals surface area contributed by atoms with E-state index in [4.69, 9.17) is 10.8 Å². The van der Waals surface area contributed by atoms with Crippen molar-refractivity contribution in [2.24, 2.45) is 5.73 Å². The van der Waals surface area contributed by atoms with Gasteiger partial charge in [0.2, 0.25) is 5.91 Å². The van der Waals surface area contributed by atoms with Crippen LogP contribution in [0.4, 0.5) is 0 Å². The van der Waals surface area contributed by atoms with Crippen LogP contribution in [0.25, 0.3) is 0 Å². The van der Waals surface area contributed by atoms with Gasteiger partial charge in [0, 0.05) is 6.42 Å². The third-order valence-corrected chi connectivity index (χ3v) is 3.61. The molecule has 0 aliphatic carbocycles. The summed E-state index contributed by atoms with van der Waals surface area (Å²) in [7, 11) is 0. The van der Waals surface area contributed by atoms with Crippen molar-refractivity contribution in [3.63, 3.8) is 0 Å². The van der Waals surface area contributed by atoms with Crippen molar-refractivity contribution in [3.8, 4) is 0 Å². The SMILES string of the molecule is NC1CC(C(=O)O)N2C(=O)C[C@H]2S1. The van der Waals surface area contributed by atoms with Crippen LogP contribution in [0.2, 0.25) is 0 Å². The second-order valence-corrected chi connectivity index (χ2v) is 4.65. The Bertz CT molecular complexity index is 270. The van der Waals surface area contributed by atoms with Crippen molar-refractivity contribution in [1.82, 2.24) is 4.90 Å². The van der Waals surface area contributed by atoms with Gasteiger partial charge in [-0.05, 0) is 0 Å². The molecule has 2 unspecified atom stereocenters. The van der Waals surface area contributed by atoms with Gasteiger partial charge in [0.15, 0.2) is 0 Å². The summed E-state index contributed by atoms with van der Waals surface area (Å²) in [6.45, 7) is 0. The average molecular weight is 202 g/mol. The van der Waals surface area contributed by atoms with Crippen LogP contribution in [0.1, 0.15) is 12.8 Å². The molecule has 2 aliphatic heterocycles. The summed E-state index contributed by atoms with van der Waals surface area (Å²) in [6.07, 6.45) is 0.782. The molecule has 72 valence electrons. The van der Waals surface area contributed by atoms with Crippen LogP contribution in [0.3, 0.4) is 0 Å². The van der Waals surface area contributed by atoms with Crippen LogP contribution in [-0.2, 0) is 9.59 Å². The quantitative estimate of drug-likeness (QED) is 0.556. The number of aliphatic carboxylic acids is 1. The van der Waals surface area contributed by atoms with Crippen molar-refractivity contribution in [2.75, 3.05) is 0 Å². The van der Waals surface area contributed by atoms with Gasteiger partial charge >= 0.3 is 5.97 Å². The fourth-order valence-corrected chi connectivity index (χ4v) is 3.03. The van der Waals surface area contributed by atoms with Gasteiger partial charge in [-0.1, -0.05) is 0 Å². The third kappa shape index (κ3) is 1.30. The number of amides is 1. The molecule has 2 saturated heterocycles. The van der Waals surface area contributed by atoms with Gasteiger partial charge in [0.25, 0.3) is 0 Å². The number of carboxylic acid groups (broad SMARTS) is 1. The third-order valence-electron chi connectivity index (χ3n) is 2.36. The summed E-state index contributed by atoms with van der Waals surface area (Å²) in [5.74, 6) is -1.02. The van der Waals surface area contributed by atoms with Gasteiger partial charge in [-0.2, -0.15) is 0 Å². The molecule has 5 nitrogen and oxygen atoms in total. The van der Waals surface area contributed by atoms with Gasteiger partial charge in [-0.25, -0.2) is 4.79 Å². The van der Waals surface area contributed by atoms with Gasteiger partial charge in [-0.15, -0.1) is 11.8 Å². The number of carbonyl (C=O) groups excluding carboxylic acids is 1. The lowest BCUT2D eigenvalue weighted by Gasteiger charge is -2.48. The lowest BCUT2D eigenvalue weighted by Crippen LogP contribution is -2.63. The van der Waals surface area contributed by atoms with E-state index in [0.29, 0.717) is 12.8 Å². The molecule has 0 aromatic rings. The Morgan fingerprint density at radius 1 is 1.69 bits per heavy atom. The van der Waals surface area contributed by atoms with Crippen LogP contribution in [0.5, 0.6) is 0 Å². The van der Waals surface area contributed by atoms with Gasteiger partial charge < -0.3 is 15.7 Å². The Morgan fingerprint density at radius 3 is 2.92 bits per heavy atom. The van der Waals surface area contributed by atoms with Crippen LogP contribution < -0.4 is 5.73 Å². The highest BCUT2D eigenvalue weighted by molar-refractivity contribution is 8.00. The molecule has 3 atom stereocenters. The van der Waals surface area contributed by atoms with Crippen molar-refractivity contribution in [2.45, 2.75) is 29.6 Å². The smallest absolute Gasteiger partial charge is 0.326 e. The molecule has 2 aliphatic rings. The van der Waals surface area contributed by atoms with E-state index < -0.39 is 12.0 Å². The van der Waals surface area contributed by atoms with E-state index in [2.05, 4.69) is 0 Å². The van der Waals surface area contributed by atoms with Gasteiger partial charge in [-0.3, -0.25) is 4.79 Å². The minimum Gasteiger partial charge on any atom is -0.480 e. The molecule has 0 radical (unpaired) electrons. The van der Waals surface area contributed by atoms with Gasteiger partial charge in [0.1, 0.15) is 6.04 Å². The van der Waals surface area contributed by atoms with Gasteiger partial charge in [0.05, 0.1) is 17.2 Å². The molecular formula is C7H10N2O3S. The first-order valence-electron chi connectivity index (χ1n) is 4.04. The molecule has 2 rings (SSSR count). The predicted molar refractivity (Wildman–Crippen MR) is 46.9 cm³/mol. The molecule has 6 heteroatoms. The van der Waals surface area contributed by atoms with E-state index >= 15 is 0 Å². The fourth-order valence-electron chi connectivity index (χ4n) is 1.70. The molecule has 2 fully saturated rings. The Balaban J connectivity index is 2.15. The highest BCUT2D eigenvalue weighted by atomic mass is 32.2. The largest absolute Gasteiger partial charge is 0.480 e. The summed E-state index contributed by atoms with van der Waals surface area (Å²) in [4.78, 5) is 23.3. The maximum Gasteiger partial charge on any atom is 0.326 e. The van der Waals surface area contributed by atoms with Crippen molar-refractivity contribution >= 4 is 23.6 Å². The summed E-state index contributed by atoms with van der Waals surface area (Å²) in [5.41, 5.74) is 5.66. The minimum atomic E-state index is -0.950. The summed E-state index contributed by atoms with van der Waals surface area (Å²) in [6, 6.07) is -0.706. The van der Waals surface area contributed by atoms with E-state index in [1.165, 1.54) is 16.7 Å². The molecule has 1 amide bonds. The molecule has 3 N–H and O–H groups in total.